The number of rotatable bonds is 8. The van der Waals surface area contributed by atoms with Crippen LogP contribution in [0.3, 0.4) is 0 Å². The van der Waals surface area contributed by atoms with Crippen LogP contribution >= 0.6 is 0 Å². The van der Waals surface area contributed by atoms with Gasteiger partial charge >= 0.3 is 18.5 Å². The fourth-order valence-electron chi connectivity index (χ4n) is 5.82. The van der Waals surface area contributed by atoms with Gasteiger partial charge in [0, 0.05) is 62.7 Å². The van der Waals surface area contributed by atoms with E-state index in [-0.39, 0.29) is 23.8 Å². The maximum Gasteiger partial charge on any atom is 0.573 e. The summed E-state index contributed by atoms with van der Waals surface area (Å²) >= 11 is 0. The van der Waals surface area contributed by atoms with Crippen molar-refractivity contribution in [1.29, 1.82) is 0 Å². The quantitative estimate of drug-likeness (QED) is 0.183. The third kappa shape index (κ3) is 10.5. The van der Waals surface area contributed by atoms with Gasteiger partial charge in [0.05, 0.1) is 0 Å². The molecule has 0 bridgehead atoms. The number of halogens is 6. The van der Waals surface area contributed by atoms with E-state index >= 15 is 0 Å². The summed E-state index contributed by atoms with van der Waals surface area (Å²) in [6.07, 6.45) is -6.46. The minimum absolute atomic E-state index is 0.00367. The molecule has 0 atom stereocenters. The van der Waals surface area contributed by atoms with Crippen LogP contribution in [-0.4, -0.2) is 72.7 Å². The predicted octanol–water partition coefficient (Wildman–Crippen LogP) is 7.41. The van der Waals surface area contributed by atoms with Crippen molar-refractivity contribution in [3.8, 4) is 11.5 Å². The lowest BCUT2D eigenvalue weighted by atomic mass is 10.0. The van der Waals surface area contributed by atoms with Gasteiger partial charge < -0.3 is 29.2 Å². The van der Waals surface area contributed by atoms with Gasteiger partial charge in [0.15, 0.2) is 5.76 Å². The summed E-state index contributed by atoms with van der Waals surface area (Å²) in [4.78, 5) is 26.4. The summed E-state index contributed by atoms with van der Waals surface area (Å²) in [5.74, 6) is -2.19. The van der Waals surface area contributed by atoms with Gasteiger partial charge in [0.1, 0.15) is 23.2 Å². The Morgan fingerprint density at radius 1 is 0.820 bits per heavy atom. The van der Waals surface area contributed by atoms with E-state index in [9.17, 15) is 31.1 Å². The van der Waals surface area contributed by atoms with Crippen molar-refractivity contribution in [3.05, 3.63) is 90.2 Å². The number of carboxylic acid groups (broad SMARTS) is 1. The van der Waals surface area contributed by atoms with E-state index in [2.05, 4.69) is 44.1 Å². The van der Waals surface area contributed by atoms with Crippen LogP contribution in [0.15, 0.2) is 83.3 Å². The Hall–Kier alpha value is -4.92. The Balaban J connectivity index is 0.000000630. The summed E-state index contributed by atoms with van der Waals surface area (Å²) in [5, 5.41) is 11.1. The molecule has 4 aromatic rings. The van der Waals surface area contributed by atoms with E-state index in [0.29, 0.717) is 30.2 Å². The van der Waals surface area contributed by atoms with E-state index in [1.807, 2.05) is 24.3 Å². The fraction of sp³-hybridized carbons (Fsp3) is 0.371. The summed E-state index contributed by atoms with van der Waals surface area (Å²) in [6, 6.07) is 23.8. The van der Waals surface area contributed by atoms with Gasteiger partial charge in [-0.25, -0.2) is 4.79 Å². The lowest BCUT2D eigenvalue weighted by Gasteiger charge is -2.33. The zero-order valence-corrected chi connectivity index (χ0v) is 26.7. The molecule has 2 fully saturated rings. The molecule has 0 saturated carbocycles. The smallest absolute Gasteiger partial charge is 0.490 e. The second-order valence-electron chi connectivity index (χ2n) is 12.0. The van der Waals surface area contributed by atoms with Crippen molar-refractivity contribution in [2.24, 2.45) is 0 Å². The minimum Gasteiger partial charge on any atom is -0.490 e. The number of furan rings is 1. The van der Waals surface area contributed by atoms with E-state index in [1.54, 1.807) is 18.2 Å². The first kappa shape index (κ1) is 36.4. The average molecular weight is 708 g/mol. The van der Waals surface area contributed by atoms with Crippen LogP contribution in [0.5, 0.6) is 11.5 Å². The number of nitrogens with zero attached hydrogens (tertiary/aromatic N) is 2. The molecule has 268 valence electrons. The molecule has 0 unspecified atom stereocenters. The van der Waals surface area contributed by atoms with Crippen LogP contribution in [0.1, 0.15) is 41.8 Å². The number of ether oxygens (including phenoxy) is 2. The number of alkyl halides is 6. The fourth-order valence-corrected chi connectivity index (χ4v) is 5.82. The predicted molar refractivity (Wildman–Crippen MR) is 171 cm³/mol. The Morgan fingerprint density at radius 3 is 2.04 bits per heavy atom. The van der Waals surface area contributed by atoms with Crippen molar-refractivity contribution >= 4 is 28.5 Å². The number of nitrogens with one attached hydrogen (secondary N) is 1. The third-order valence-corrected chi connectivity index (χ3v) is 8.31. The molecule has 3 aromatic carbocycles. The second kappa shape index (κ2) is 15.7. The number of likely N-dealkylation sites (tertiary alicyclic amines) is 1. The number of hydrogen-bond acceptors (Lipinski definition) is 7. The van der Waals surface area contributed by atoms with Crippen molar-refractivity contribution in [3.63, 3.8) is 0 Å². The zero-order valence-electron chi connectivity index (χ0n) is 26.7. The number of piperidine rings is 2. The SMILES string of the molecule is O=C(NC1CCN(Cc2ccccc2)CC1)c1cc2cc(OC3CCN(c4ccc(OC(F)(F)F)cc4)CC3)ccc2o1.O=C(O)C(F)(F)F. The number of anilines is 1. The molecule has 0 aliphatic carbocycles. The molecule has 2 N–H and O–H groups in total. The molecule has 15 heteroatoms. The molecule has 9 nitrogen and oxygen atoms in total. The first-order chi connectivity index (χ1) is 23.7. The van der Waals surface area contributed by atoms with Gasteiger partial charge in [-0.1, -0.05) is 30.3 Å². The number of hydrogen-bond donors (Lipinski definition) is 2. The highest BCUT2D eigenvalue weighted by Gasteiger charge is 2.38. The number of aliphatic carboxylic acids is 1. The summed E-state index contributed by atoms with van der Waals surface area (Å²) in [5.41, 5.74) is 2.77. The van der Waals surface area contributed by atoms with Gasteiger partial charge in [-0.05, 0) is 66.9 Å². The first-order valence-electron chi connectivity index (χ1n) is 15.9. The normalized spacial score (nSPS) is 16.4. The summed E-state index contributed by atoms with van der Waals surface area (Å²) in [6.45, 7) is 4.22. The number of carbonyl (C=O) groups excluding carboxylic acids is 1. The van der Waals surface area contributed by atoms with Crippen LogP contribution < -0.4 is 19.7 Å². The van der Waals surface area contributed by atoms with Gasteiger partial charge in [-0.15, -0.1) is 13.2 Å². The molecule has 50 heavy (non-hydrogen) atoms. The lowest BCUT2D eigenvalue weighted by molar-refractivity contribution is -0.274. The first-order valence-corrected chi connectivity index (χ1v) is 15.9. The average Bonchev–Trinajstić information content (AvgIpc) is 3.50. The number of benzene rings is 3. The van der Waals surface area contributed by atoms with Crippen molar-refractivity contribution < 1.29 is 54.9 Å². The number of carbonyl (C=O) groups is 2. The van der Waals surface area contributed by atoms with Crippen molar-refractivity contribution in [1.82, 2.24) is 10.2 Å². The van der Waals surface area contributed by atoms with Crippen molar-refractivity contribution in [2.75, 3.05) is 31.1 Å². The molecule has 0 radical (unpaired) electrons. The van der Waals surface area contributed by atoms with E-state index < -0.39 is 18.5 Å². The maximum atomic E-state index is 13.0. The topological polar surface area (TPSA) is 104 Å². The highest BCUT2D eigenvalue weighted by atomic mass is 19.4. The van der Waals surface area contributed by atoms with Crippen LogP contribution in [0.25, 0.3) is 11.0 Å². The zero-order chi connectivity index (χ0) is 35.9. The largest absolute Gasteiger partial charge is 0.573 e. The Kier molecular flexibility index (Phi) is 11.5. The molecule has 2 aliphatic heterocycles. The van der Waals surface area contributed by atoms with Gasteiger partial charge in [0.25, 0.3) is 5.91 Å². The van der Waals surface area contributed by atoms with Crippen molar-refractivity contribution in [2.45, 2.75) is 56.9 Å². The standard InChI is InChI=1S/C33H34F3N3O4.C2HF3O2/c34-33(35,36)43-28-8-6-26(7-9-28)39-18-14-27(15-19-39)41-29-10-11-30-24(20-29)21-31(42-30)32(40)37-25-12-16-38(17-13-25)22-23-4-2-1-3-5-23;3-2(4,5)1(6)7/h1-11,20-21,25,27H,12-19,22H2,(H,37,40);(H,6,7). The molecule has 2 aliphatic rings. The molecule has 0 spiro atoms. The second-order valence-corrected chi connectivity index (χ2v) is 12.0. The van der Waals surface area contributed by atoms with Gasteiger partial charge in [0.2, 0.25) is 0 Å². The molecule has 1 aromatic heterocycles. The summed E-state index contributed by atoms with van der Waals surface area (Å²) in [7, 11) is 0. The Morgan fingerprint density at radius 2 is 1.44 bits per heavy atom. The minimum atomic E-state index is -5.08. The molecule has 3 heterocycles. The van der Waals surface area contributed by atoms with Gasteiger partial charge in [-0.3, -0.25) is 9.69 Å². The third-order valence-electron chi connectivity index (χ3n) is 8.31. The van der Waals surface area contributed by atoms with E-state index in [1.165, 1.54) is 17.7 Å². The number of amides is 1. The summed E-state index contributed by atoms with van der Waals surface area (Å²) < 4.78 is 85.1. The monoisotopic (exact) mass is 707 g/mol. The Labute approximate surface area is 283 Å². The van der Waals surface area contributed by atoms with E-state index in [0.717, 1.165) is 56.4 Å². The molecular weight excluding hydrogens is 672 g/mol. The lowest BCUT2D eigenvalue weighted by Crippen LogP contribution is -2.44. The highest BCUT2D eigenvalue weighted by Crippen LogP contribution is 2.30. The van der Waals surface area contributed by atoms with Crippen LogP contribution in [0, 0.1) is 0 Å². The number of carboxylic acids is 1. The van der Waals surface area contributed by atoms with E-state index in [4.69, 9.17) is 19.1 Å². The van der Waals surface area contributed by atoms with Crippen LogP contribution in [-0.2, 0) is 11.3 Å². The van der Waals surface area contributed by atoms with Gasteiger partial charge in [-0.2, -0.15) is 13.2 Å². The molecule has 6 rings (SSSR count). The molecular formula is C35H35F6N3O6. The van der Waals surface area contributed by atoms with Crippen LogP contribution in [0.4, 0.5) is 32.0 Å². The Bertz CT molecular complexity index is 1710. The van der Waals surface area contributed by atoms with Crippen LogP contribution in [0.2, 0.25) is 0 Å². The molecule has 2 saturated heterocycles. The highest BCUT2D eigenvalue weighted by molar-refractivity contribution is 5.96. The molecule has 1 amide bonds. The number of fused-ring (bicyclic) bond motifs is 1. The maximum absolute atomic E-state index is 13.0.